The Morgan fingerprint density at radius 1 is 1.42 bits per heavy atom. The average molecular weight is 355 g/mol. The van der Waals surface area contributed by atoms with Crippen LogP contribution >= 0.6 is 0 Å². The molecule has 8 nitrogen and oxygen atoms in total. The van der Waals surface area contributed by atoms with Crippen molar-refractivity contribution < 1.29 is 9.21 Å². The Balaban J connectivity index is 1.53. The second-order valence-electron chi connectivity index (χ2n) is 6.59. The molecule has 1 atom stereocenters. The molecule has 0 radical (unpaired) electrons. The summed E-state index contributed by atoms with van der Waals surface area (Å²) in [6, 6.07) is 5.48. The highest BCUT2D eigenvalue weighted by Crippen LogP contribution is 2.24. The molecule has 0 bridgehead atoms. The normalized spacial score (nSPS) is 16.2. The summed E-state index contributed by atoms with van der Waals surface area (Å²) in [5, 5.41) is 5.76. The van der Waals surface area contributed by atoms with Gasteiger partial charge in [0.25, 0.3) is 11.5 Å². The number of carbonyl (C=O) groups excluding carboxylic acids is 1. The number of nitrogens with one attached hydrogen (secondary N) is 2. The fourth-order valence-corrected chi connectivity index (χ4v) is 3.46. The van der Waals surface area contributed by atoms with E-state index in [9.17, 15) is 9.59 Å². The van der Waals surface area contributed by atoms with Crippen molar-refractivity contribution in [3.05, 3.63) is 58.0 Å². The second-order valence-corrected chi connectivity index (χ2v) is 6.59. The molecule has 136 valence electrons. The number of carbonyl (C=O) groups is 1. The minimum Gasteiger partial charge on any atom is -0.468 e. The van der Waals surface area contributed by atoms with Gasteiger partial charge in [-0.05, 0) is 45.0 Å². The summed E-state index contributed by atoms with van der Waals surface area (Å²) in [7, 11) is 0. The first kappa shape index (κ1) is 16.6. The molecular weight excluding hydrogens is 334 g/mol. The van der Waals surface area contributed by atoms with Crippen molar-refractivity contribution in [2.45, 2.75) is 25.8 Å². The van der Waals surface area contributed by atoms with Gasteiger partial charge in [0.2, 0.25) is 0 Å². The van der Waals surface area contributed by atoms with E-state index < -0.39 is 11.5 Å². The Labute approximate surface area is 149 Å². The standard InChI is InChI=1S/C18H21N5O3/c1-12-9-16-19-10-13(18(25)23(16)21-12)17(24)20-11-14(15-5-4-8-26-15)22-6-2-3-7-22/h4-5,8-10,14,21H,2-3,6-7,11H2,1H3,(H,20,24)/t14-/m1/s1. The summed E-state index contributed by atoms with van der Waals surface area (Å²) in [4.78, 5) is 31.6. The Morgan fingerprint density at radius 2 is 2.23 bits per heavy atom. The summed E-state index contributed by atoms with van der Waals surface area (Å²) in [6.07, 6.45) is 5.24. The number of aryl methyl sites for hydroxylation is 1. The molecule has 1 amide bonds. The lowest BCUT2D eigenvalue weighted by molar-refractivity contribution is 0.0931. The van der Waals surface area contributed by atoms with Crippen LogP contribution in [-0.2, 0) is 0 Å². The van der Waals surface area contributed by atoms with E-state index in [-0.39, 0.29) is 11.6 Å². The van der Waals surface area contributed by atoms with Gasteiger partial charge in [-0.3, -0.25) is 19.6 Å². The second kappa shape index (κ2) is 6.80. The van der Waals surface area contributed by atoms with Crippen LogP contribution in [0.3, 0.4) is 0 Å². The Kier molecular flexibility index (Phi) is 4.34. The number of nitrogens with zero attached hydrogens (tertiary/aromatic N) is 3. The third-order valence-electron chi connectivity index (χ3n) is 4.78. The summed E-state index contributed by atoms with van der Waals surface area (Å²) in [6.45, 7) is 4.15. The first-order chi connectivity index (χ1) is 12.6. The maximum atomic E-state index is 12.6. The maximum absolute atomic E-state index is 12.6. The Hall–Kier alpha value is -2.87. The molecule has 0 aromatic carbocycles. The molecule has 1 aliphatic rings. The smallest absolute Gasteiger partial charge is 0.285 e. The van der Waals surface area contributed by atoms with Gasteiger partial charge in [0.15, 0.2) is 5.65 Å². The van der Waals surface area contributed by atoms with Gasteiger partial charge in [0.1, 0.15) is 11.3 Å². The minimum absolute atomic E-state index is 0.0176. The molecule has 0 unspecified atom stereocenters. The molecule has 0 spiro atoms. The number of rotatable bonds is 5. The number of aromatic nitrogens is 3. The van der Waals surface area contributed by atoms with Crippen LogP contribution < -0.4 is 10.9 Å². The fraction of sp³-hybridized carbons (Fsp3) is 0.389. The monoisotopic (exact) mass is 355 g/mol. The van der Waals surface area contributed by atoms with E-state index in [1.54, 1.807) is 12.3 Å². The minimum atomic E-state index is -0.431. The largest absolute Gasteiger partial charge is 0.468 e. The number of hydrogen-bond donors (Lipinski definition) is 2. The first-order valence-electron chi connectivity index (χ1n) is 8.76. The molecule has 1 aliphatic heterocycles. The zero-order chi connectivity index (χ0) is 18.1. The molecule has 4 rings (SSSR count). The number of H-pyrrole nitrogens is 1. The van der Waals surface area contributed by atoms with Crippen LogP contribution in [0.4, 0.5) is 0 Å². The number of amides is 1. The third kappa shape index (κ3) is 3.03. The van der Waals surface area contributed by atoms with Gasteiger partial charge < -0.3 is 9.73 Å². The number of fused-ring (bicyclic) bond motifs is 1. The lowest BCUT2D eigenvalue weighted by Gasteiger charge is -2.25. The lowest BCUT2D eigenvalue weighted by Crippen LogP contribution is -2.38. The number of hydrogen-bond acceptors (Lipinski definition) is 5. The van der Waals surface area contributed by atoms with Gasteiger partial charge in [0, 0.05) is 24.5 Å². The van der Waals surface area contributed by atoms with Gasteiger partial charge in [-0.2, -0.15) is 0 Å². The van der Waals surface area contributed by atoms with Crippen LogP contribution in [0.15, 0.2) is 39.9 Å². The van der Waals surface area contributed by atoms with Crippen LogP contribution in [0.5, 0.6) is 0 Å². The number of likely N-dealkylation sites (tertiary alicyclic amines) is 1. The molecule has 1 saturated heterocycles. The van der Waals surface area contributed by atoms with Gasteiger partial charge in [-0.25, -0.2) is 9.50 Å². The molecule has 8 heteroatoms. The number of furan rings is 1. The SMILES string of the molecule is Cc1cc2ncc(C(=O)NC[C@H](c3ccco3)N3CCCC3)c(=O)n2[nH]1. The third-order valence-corrected chi connectivity index (χ3v) is 4.78. The van der Waals surface area contributed by atoms with Gasteiger partial charge in [-0.15, -0.1) is 0 Å². The van der Waals surface area contributed by atoms with Crippen molar-refractivity contribution in [3.63, 3.8) is 0 Å². The van der Waals surface area contributed by atoms with Crippen molar-refractivity contribution in [2.24, 2.45) is 0 Å². The van der Waals surface area contributed by atoms with E-state index in [1.165, 1.54) is 10.7 Å². The first-order valence-corrected chi connectivity index (χ1v) is 8.76. The van der Waals surface area contributed by atoms with E-state index in [4.69, 9.17) is 4.42 Å². The van der Waals surface area contributed by atoms with Crippen molar-refractivity contribution in [3.8, 4) is 0 Å². The average Bonchev–Trinajstić information content (AvgIpc) is 3.36. The Bertz CT molecular complexity index is 967. The van der Waals surface area contributed by atoms with Crippen LogP contribution in [0.25, 0.3) is 5.65 Å². The molecule has 0 saturated carbocycles. The van der Waals surface area contributed by atoms with E-state index in [2.05, 4.69) is 20.3 Å². The predicted octanol–water partition coefficient (Wildman–Crippen LogP) is 1.49. The van der Waals surface area contributed by atoms with E-state index in [1.807, 2.05) is 19.1 Å². The van der Waals surface area contributed by atoms with E-state index in [0.717, 1.165) is 37.4 Å². The molecule has 26 heavy (non-hydrogen) atoms. The van der Waals surface area contributed by atoms with Crippen molar-refractivity contribution >= 4 is 11.6 Å². The zero-order valence-electron chi connectivity index (χ0n) is 14.6. The van der Waals surface area contributed by atoms with Crippen LogP contribution in [-0.4, -0.2) is 45.0 Å². The topological polar surface area (TPSA) is 95.6 Å². The summed E-state index contributed by atoms with van der Waals surface area (Å²) in [5.41, 5.74) is 0.911. The maximum Gasteiger partial charge on any atom is 0.285 e. The highest BCUT2D eigenvalue weighted by Gasteiger charge is 2.26. The lowest BCUT2D eigenvalue weighted by atomic mass is 10.2. The zero-order valence-corrected chi connectivity index (χ0v) is 14.6. The molecule has 3 aromatic heterocycles. The van der Waals surface area contributed by atoms with Gasteiger partial charge in [-0.1, -0.05) is 0 Å². The highest BCUT2D eigenvalue weighted by atomic mass is 16.3. The molecule has 4 heterocycles. The van der Waals surface area contributed by atoms with E-state index >= 15 is 0 Å². The van der Waals surface area contributed by atoms with E-state index in [0.29, 0.717) is 12.2 Å². The molecule has 3 aromatic rings. The van der Waals surface area contributed by atoms with Gasteiger partial charge in [0.05, 0.1) is 12.3 Å². The highest BCUT2D eigenvalue weighted by molar-refractivity contribution is 5.93. The van der Waals surface area contributed by atoms with Crippen molar-refractivity contribution in [1.29, 1.82) is 0 Å². The molecular formula is C18H21N5O3. The fourth-order valence-electron chi connectivity index (χ4n) is 3.46. The quantitative estimate of drug-likeness (QED) is 0.723. The summed E-state index contributed by atoms with van der Waals surface area (Å²) in [5.74, 6) is 0.386. The van der Waals surface area contributed by atoms with Crippen molar-refractivity contribution in [2.75, 3.05) is 19.6 Å². The van der Waals surface area contributed by atoms with Crippen LogP contribution in [0.1, 0.15) is 40.7 Å². The van der Waals surface area contributed by atoms with Crippen LogP contribution in [0.2, 0.25) is 0 Å². The summed E-state index contributed by atoms with van der Waals surface area (Å²) >= 11 is 0. The van der Waals surface area contributed by atoms with Gasteiger partial charge >= 0.3 is 0 Å². The molecule has 1 fully saturated rings. The van der Waals surface area contributed by atoms with Crippen LogP contribution in [0, 0.1) is 6.92 Å². The summed E-state index contributed by atoms with van der Waals surface area (Å²) < 4.78 is 6.84. The number of aromatic amines is 1. The predicted molar refractivity (Wildman–Crippen MR) is 95.1 cm³/mol. The Morgan fingerprint density at radius 3 is 2.96 bits per heavy atom. The molecule has 2 N–H and O–H groups in total. The van der Waals surface area contributed by atoms with Crippen molar-refractivity contribution in [1.82, 2.24) is 24.8 Å². The molecule has 0 aliphatic carbocycles.